The molecule has 3 aromatic carbocycles. The van der Waals surface area contributed by atoms with Gasteiger partial charge in [-0.15, -0.1) is 11.8 Å². The number of benzene rings is 3. The summed E-state index contributed by atoms with van der Waals surface area (Å²) in [6.45, 7) is 0.649. The quantitative estimate of drug-likeness (QED) is 0.617. The highest BCUT2D eigenvalue weighted by Crippen LogP contribution is 2.38. The van der Waals surface area contributed by atoms with E-state index >= 15 is 0 Å². The molecule has 1 aliphatic rings. The van der Waals surface area contributed by atoms with Gasteiger partial charge in [0, 0.05) is 12.1 Å². The summed E-state index contributed by atoms with van der Waals surface area (Å²) in [5.74, 6) is -0.267. The number of thioether (sulfide) groups is 1. The van der Waals surface area contributed by atoms with E-state index in [1.165, 1.54) is 17.7 Å². The average Bonchev–Trinajstić information content (AvgIpc) is 3.15. The van der Waals surface area contributed by atoms with Crippen LogP contribution in [-0.2, 0) is 11.2 Å². The molecular formula is C24H21FN2O2S. The van der Waals surface area contributed by atoms with Crippen molar-refractivity contribution in [3.8, 4) is 0 Å². The molecule has 6 heteroatoms. The molecule has 4 rings (SSSR count). The van der Waals surface area contributed by atoms with Crippen LogP contribution in [0.1, 0.15) is 26.9 Å². The molecule has 1 heterocycles. The Morgan fingerprint density at radius 1 is 1.00 bits per heavy atom. The predicted octanol–water partition coefficient (Wildman–Crippen LogP) is 4.89. The lowest BCUT2D eigenvalue weighted by Crippen LogP contribution is -2.30. The fraction of sp³-hybridized carbons (Fsp3) is 0.167. The number of hydrogen-bond donors (Lipinski definition) is 1. The van der Waals surface area contributed by atoms with E-state index in [0.717, 1.165) is 12.0 Å². The SMILES string of the molecule is O=C(Nc1ccccc1F)c1ccc([C@H]2SCC(=O)N2CCc2ccccc2)cc1. The van der Waals surface area contributed by atoms with E-state index in [0.29, 0.717) is 17.9 Å². The van der Waals surface area contributed by atoms with Gasteiger partial charge in [-0.2, -0.15) is 0 Å². The molecule has 1 N–H and O–H groups in total. The van der Waals surface area contributed by atoms with E-state index in [2.05, 4.69) is 17.4 Å². The Kier molecular flexibility index (Phi) is 6.14. The minimum atomic E-state index is -0.475. The molecule has 0 unspecified atom stereocenters. The lowest BCUT2D eigenvalue weighted by molar-refractivity contribution is -0.128. The third-order valence-electron chi connectivity index (χ3n) is 5.03. The Morgan fingerprint density at radius 3 is 2.43 bits per heavy atom. The van der Waals surface area contributed by atoms with Crippen LogP contribution in [0.3, 0.4) is 0 Å². The Hall–Kier alpha value is -3.12. The van der Waals surface area contributed by atoms with E-state index in [9.17, 15) is 14.0 Å². The van der Waals surface area contributed by atoms with E-state index in [1.807, 2.05) is 35.2 Å². The maximum Gasteiger partial charge on any atom is 0.255 e. The van der Waals surface area contributed by atoms with Gasteiger partial charge in [0.15, 0.2) is 0 Å². The number of halogens is 1. The first-order chi connectivity index (χ1) is 14.6. The van der Waals surface area contributed by atoms with Crippen molar-refractivity contribution in [3.05, 3.63) is 101 Å². The van der Waals surface area contributed by atoms with Gasteiger partial charge in [-0.25, -0.2) is 4.39 Å². The smallest absolute Gasteiger partial charge is 0.255 e. The van der Waals surface area contributed by atoms with Crippen LogP contribution < -0.4 is 5.32 Å². The van der Waals surface area contributed by atoms with Crippen LogP contribution >= 0.6 is 11.8 Å². The highest BCUT2D eigenvalue weighted by atomic mass is 32.2. The number of nitrogens with one attached hydrogen (secondary N) is 1. The molecule has 0 bridgehead atoms. The van der Waals surface area contributed by atoms with Gasteiger partial charge >= 0.3 is 0 Å². The number of carbonyl (C=O) groups is 2. The van der Waals surface area contributed by atoms with Gasteiger partial charge in [0.1, 0.15) is 11.2 Å². The summed E-state index contributed by atoms with van der Waals surface area (Å²) in [6, 6.07) is 23.3. The summed E-state index contributed by atoms with van der Waals surface area (Å²) in [6.07, 6.45) is 0.798. The molecule has 0 saturated carbocycles. The third-order valence-corrected chi connectivity index (χ3v) is 6.29. The summed E-state index contributed by atoms with van der Waals surface area (Å²) >= 11 is 1.59. The summed E-state index contributed by atoms with van der Waals surface area (Å²) in [4.78, 5) is 26.7. The fourth-order valence-electron chi connectivity index (χ4n) is 3.42. The molecule has 1 saturated heterocycles. The predicted molar refractivity (Wildman–Crippen MR) is 118 cm³/mol. The monoisotopic (exact) mass is 420 g/mol. The minimum Gasteiger partial charge on any atom is -0.326 e. The zero-order valence-corrected chi connectivity index (χ0v) is 17.1. The molecule has 1 aliphatic heterocycles. The van der Waals surface area contributed by atoms with Gasteiger partial charge in [0.2, 0.25) is 5.91 Å². The molecule has 0 aliphatic carbocycles. The first kappa shape index (κ1) is 20.2. The number of carbonyl (C=O) groups excluding carboxylic acids is 2. The number of amides is 2. The van der Waals surface area contributed by atoms with Crippen LogP contribution in [-0.4, -0.2) is 29.0 Å². The van der Waals surface area contributed by atoms with Crippen molar-refractivity contribution in [2.24, 2.45) is 0 Å². The van der Waals surface area contributed by atoms with Gasteiger partial charge < -0.3 is 10.2 Å². The number of nitrogens with zero attached hydrogens (tertiary/aromatic N) is 1. The molecule has 2 amide bonds. The van der Waals surface area contributed by atoms with E-state index in [-0.39, 0.29) is 22.9 Å². The Bertz CT molecular complexity index is 1040. The molecular weight excluding hydrogens is 399 g/mol. The maximum absolute atomic E-state index is 13.8. The molecule has 152 valence electrons. The number of para-hydroxylation sites is 1. The van der Waals surface area contributed by atoms with Crippen LogP contribution in [0.15, 0.2) is 78.9 Å². The molecule has 0 spiro atoms. The summed E-state index contributed by atoms with van der Waals surface area (Å²) in [7, 11) is 0. The zero-order chi connectivity index (χ0) is 20.9. The summed E-state index contributed by atoms with van der Waals surface area (Å²) < 4.78 is 13.8. The maximum atomic E-state index is 13.8. The second-order valence-electron chi connectivity index (χ2n) is 7.04. The third kappa shape index (κ3) is 4.54. The normalized spacial score (nSPS) is 16.0. The van der Waals surface area contributed by atoms with Gasteiger partial charge in [-0.1, -0.05) is 54.6 Å². The largest absolute Gasteiger partial charge is 0.326 e. The summed E-state index contributed by atoms with van der Waals surface area (Å²) in [5, 5.41) is 2.52. The second kappa shape index (κ2) is 9.13. The van der Waals surface area contributed by atoms with E-state index < -0.39 is 5.82 Å². The van der Waals surface area contributed by atoms with Crippen molar-refractivity contribution in [2.45, 2.75) is 11.8 Å². The van der Waals surface area contributed by atoms with Gasteiger partial charge in [0.05, 0.1) is 11.4 Å². The van der Waals surface area contributed by atoms with Crippen LogP contribution in [0.25, 0.3) is 0 Å². The lowest BCUT2D eigenvalue weighted by Gasteiger charge is -2.24. The van der Waals surface area contributed by atoms with Crippen molar-refractivity contribution in [2.75, 3.05) is 17.6 Å². The Balaban J connectivity index is 1.44. The standard InChI is InChI=1S/C24H21FN2O2S/c25-20-8-4-5-9-21(20)26-23(29)18-10-12-19(13-11-18)24-27(22(28)16-30-24)15-14-17-6-2-1-3-7-17/h1-13,24H,14-16H2,(H,26,29)/t24-/m1/s1. The average molecular weight is 421 g/mol. The van der Waals surface area contributed by atoms with Crippen molar-refractivity contribution >= 4 is 29.3 Å². The molecule has 0 radical (unpaired) electrons. The second-order valence-corrected chi connectivity index (χ2v) is 8.11. The van der Waals surface area contributed by atoms with Gasteiger partial charge in [-0.3, -0.25) is 9.59 Å². The Labute approximate surface area is 179 Å². The fourth-order valence-corrected chi connectivity index (χ4v) is 4.64. The summed E-state index contributed by atoms with van der Waals surface area (Å²) in [5.41, 5.74) is 2.75. The minimum absolute atomic E-state index is 0.0649. The van der Waals surface area contributed by atoms with E-state index in [4.69, 9.17) is 0 Å². The zero-order valence-electron chi connectivity index (χ0n) is 16.3. The van der Waals surface area contributed by atoms with Gasteiger partial charge in [0.25, 0.3) is 5.91 Å². The van der Waals surface area contributed by atoms with Crippen LogP contribution in [0, 0.1) is 5.82 Å². The van der Waals surface area contributed by atoms with Crippen molar-refractivity contribution in [1.29, 1.82) is 0 Å². The number of rotatable bonds is 6. The van der Waals surface area contributed by atoms with Crippen LogP contribution in [0.5, 0.6) is 0 Å². The molecule has 1 fully saturated rings. The molecule has 1 atom stereocenters. The van der Waals surface area contributed by atoms with Crippen molar-refractivity contribution in [1.82, 2.24) is 4.90 Å². The molecule has 4 nitrogen and oxygen atoms in total. The topological polar surface area (TPSA) is 49.4 Å². The molecule has 3 aromatic rings. The number of anilines is 1. The first-order valence-electron chi connectivity index (χ1n) is 9.72. The highest BCUT2D eigenvalue weighted by Gasteiger charge is 2.32. The van der Waals surface area contributed by atoms with Crippen molar-refractivity contribution in [3.63, 3.8) is 0 Å². The molecule has 30 heavy (non-hydrogen) atoms. The highest BCUT2D eigenvalue weighted by molar-refractivity contribution is 8.00. The van der Waals surface area contributed by atoms with E-state index in [1.54, 1.807) is 36.0 Å². The first-order valence-corrected chi connectivity index (χ1v) is 10.8. The Morgan fingerprint density at radius 2 is 1.70 bits per heavy atom. The van der Waals surface area contributed by atoms with Crippen LogP contribution in [0.4, 0.5) is 10.1 Å². The van der Waals surface area contributed by atoms with Crippen molar-refractivity contribution < 1.29 is 14.0 Å². The lowest BCUT2D eigenvalue weighted by atomic mass is 10.1. The number of hydrogen-bond acceptors (Lipinski definition) is 3. The van der Waals surface area contributed by atoms with Gasteiger partial charge in [-0.05, 0) is 41.8 Å². The van der Waals surface area contributed by atoms with Crippen LogP contribution in [0.2, 0.25) is 0 Å². The molecule has 0 aromatic heterocycles.